The summed E-state index contributed by atoms with van der Waals surface area (Å²) >= 11 is 0. The minimum atomic E-state index is -0.923. The summed E-state index contributed by atoms with van der Waals surface area (Å²) < 4.78 is 0. The van der Waals surface area contributed by atoms with E-state index in [-0.39, 0.29) is 12.5 Å². The molecule has 0 spiro atoms. The zero-order valence-corrected chi connectivity index (χ0v) is 10.7. The lowest BCUT2D eigenvalue weighted by molar-refractivity contribution is -0.127. The molecule has 0 aromatic carbocycles. The van der Waals surface area contributed by atoms with E-state index in [4.69, 9.17) is 5.26 Å². The number of aliphatic hydroxyl groups is 1. The molecule has 0 heterocycles. The predicted octanol–water partition coefficient (Wildman–Crippen LogP) is 1.45. The van der Waals surface area contributed by atoms with Crippen molar-refractivity contribution in [2.24, 2.45) is 17.3 Å². The van der Waals surface area contributed by atoms with Crippen LogP contribution >= 0.6 is 0 Å². The van der Waals surface area contributed by atoms with Gasteiger partial charge in [-0.15, -0.1) is 0 Å². The van der Waals surface area contributed by atoms with Crippen LogP contribution in [-0.4, -0.2) is 24.2 Å². The number of nitrogens with zero attached hydrogens (tertiary/aromatic N) is 1. The van der Waals surface area contributed by atoms with E-state index in [0.29, 0.717) is 24.8 Å². The molecule has 1 aliphatic carbocycles. The molecule has 4 heteroatoms. The number of hydrogen-bond acceptors (Lipinski definition) is 3. The van der Waals surface area contributed by atoms with E-state index in [1.165, 1.54) is 0 Å². The van der Waals surface area contributed by atoms with Crippen LogP contribution in [0.15, 0.2) is 0 Å². The highest BCUT2D eigenvalue weighted by molar-refractivity contribution is 5.84. The second-order valence-corrected chi connectivity index (χ2v) is 5.14. The maximum absolute atomic E-state index is 11.9. The average Bonchev–Trinajstić information content (AvgIpc) is 2.82. The average molecular weight is 238 g/mol. The molecule has 0 aliphatic heterocycles. The van der Waals surface area contributed by atoms with Gasteiger partial charge in [0.15, 0.2) is 0 Å². The van der Waals surface area contributed by atoms with Gasteiger partial charge < -0.3 is 10.4 Å². The van der Waals surface area contributed by atoms with Crippen LogP contribution in [0.2, 0.25) is 0 Å². The normalized spacial score (nSPS) is 27.2. The van der Waals surface area contributed by atoms with Gasteiger partial charge in [-0.05, 0) is 38.0 Å². The molecular weight excluding hydrogens is 216 g/mol. The number of carbonyl (C=O) groups is 1. The molecule has 1 saturated carbocycles. The van der Waals surface area contributed by atoms with Gasteiger partial charge >= 0.3 is 0 Å². The van der Waals surface area contributed by atoms with Crippen molar-refractivity contribution >= 4 is 5.91 Å². The Bertz CT molecular complexity index is 311. The summed E-state index contributed by atoms with van der Waals surface area (Å²) in [5, 5.41) is 21.0. The first-order chi connectivity index (χ1) is 8.07. The molecule has 1 aliphatic rings. The van der Waals surface area contributed by atoms with Gasteiger partial charge in [-0.25, -0.2) is 0 Å². The second kappa shape index (κ2) is 6.02. The molecule has 1 fully saturated rings. The van der Waals surface area contributed by atoms with E-state index in [1.807, 2.05) is 6.92 Å². The first-order valence-electron chi connectivity index (χ1n) is 6.37. The maximum Gasteiger partial charge on any atom is 0.240 e. The Kier molecular flexibility index (Phi) is 4.95. The van der Waals surface area contributed by atoms with E-state index in [2.05, 4.69) is 11.4 Å². The third-order valence-corrected chi connectivity index (χ3v) is 4.03. The standard InChI is InChI=1S/C13H22N2O2/c1-3-13(2,9-14)12(17)15-7-10-5-4-6-11(10)8-16/h10-11,16H,3-8H2,1-2H3,(H,15,17). The fraction of sp³-hybridized carbons (Fsp3) is 0.846. The summed E-state index contributed by atoms with van der Waals surface area (Å²) in [5.41, 5.74) is -0.923. The number of rotatable bonds is 5. The van der Waals surface area contributed by atoms with Gasteiger partial charge in [0.25, 0.3) is 0 Å². The lowest BCUT2D eigenvalue weighted by atomic mass is 9.88. The molecule has 0 aromatic rings. The Balaban J connectivity index is 2.46. The first-order valence-corrected chi connectivity index (χ1v) is 6.37. The smallest absolute Gasteiger partial charge is 0.240 e. The Hall–Kier alpha value is -1.08. The quantitative estimate of drug-likeness (QED) is 0.761. The first kappa shape index (κ1) is 14.0. The summed E-state index contributed by atoms with van der Waals surface area (Å²) in [6.07, 6.45) is 3.74. The van der Waals surface area contributed by atoms with Crippen molar-refractivity contribution in [3.05, 3.63) is 0 Å². The predicted molar refractivity (Wildman–Crippen MR) is 64.9 cm³/mol. The fourth-order valence-electron chi connectivity index (χ4n) is 2.33. The largest absolute Gasteiger partial charge is 0.396 e. The highest BCUT2D eigenvalue weighted by Crippen LogP contribution is 2.31. The molecule has 2 N–H and O–H groups in total. The molecule has 1 amide bonds. The van der Waals surface area contributed by atoms with Crippen LogP contribution in [0.3, 0.4) is 0 Å². The Morgan fingerprint density at radius 3 is 2.71 bits per heavy atom. The third kappa shape index (κ3) is 3.19. The molecule has 0 saturated heterocycles. The van der Waals surface area contributed by atoms with Crippen LogP contribution in [-0.2, 0) is 4.79 Å². The van der Waals surface area contributed by atoms with Gasteiger partial charge in [0, 0.05) is 13.2 Å². The molecule has 0 aromatic heterocycles. The minimum Gasteiger partial charge on any atom is -0.396 e. The molecular formula is C13H22N2O2. The number of nitriles is 1. The fourth-order valence-corrected chi connectivity index (χ4v) is 2.33. The number of nitrogens with one attached hydrogen (secondary N) is 1. The number of amides is 1. The zero-order chi connectivity index (χ0) is 12.9. The summed E-state index contributed by atoms with van der Waals surface area (Å²) in [7, 11) is 0. The van der Waals surface area contributed by atoms with Crippen molar-refractivity contribution in [1.29, 1.82) is 5.26 Å². The van der Waals surface area contributed by atoms with Crippen molar-refractivity contribution < 1.29 is 9.90 Å². The van der Waals surface area contributed by atoms with Gasteiger partial charge in [0.2, 0.25) is 5.91 Å². The topological polar surface area (TPSA) is 73.1 Å². The Labute approximate surface area is 103 Å². The summed E-state index contributed by atoms with van der Waals surface area (Å²) in [4.78, 5) is 11.9. The van der Waals surface area contributed by atoms with Crippen LogP contribution in [0.4, 0.5) is 0 Å². The van der Waals surface area contributed by atoms with E-state index in [9.17, 15) is 9.90 Å². The Morgan fingerprint density at radius 1 is 1.53 bits per heavy atom. The maximum atomic E-state index is 11.9. The molecule has 0 bridgehead atoms. The van der Waals surface area contributed by atoms with Crippen molar-refractivity contribution in [3.63, 3.8) is 0 Å². The number of aliphatic hydroxyl groups excluding tert-OH is 1. The van der Waals surface area contributed by atoms with E-state index >= 15 is 0 Å². The van der Waals surface area contributed by atoms with E-state index in [1.54, 1.807) is 6.92 Å². The molecule has 4 nitrogen and oxygen atoms in total. The molecule has 3 atom stereocenters. The number of carbonyl (C=O) groups excluding carboxylic acids is 1. The SMILES string of the molecule is CCC(C)(C#N)C(=O)NCC1CCCC1CO. The Morgan fingerprint density at radius 2 is 2.18 bits per heavy atom. The van der Waals surface area contributed by atoms with Gasteiger partial charge in [-0.3, -0.25) is 4.79 Å². The van der Waals surface area contributed by atoms with Crippen LogP contribution < -0.4 is 5.32 Å². The summed E-state index contributed by atoms with van der Waals surface area (Å²) in [5.74, 6) is 0.486. The summed E-state index contributed by atoms with van der Waals surface area (Å²) in [6, 6.07) is 2.07. The van der Waals surface area contributed by atoms with Crippen molar-refractivity contribution in [2.45, 2.75) is 39.5 Å². The van der Waals surface area contributed by atoms with Crippen LogP contribution in [0.5, 0.6) is 0 Å². The van der Waals surface area contributed by atoms with Crippen LogP contribution in [0.1, 0.15) is 39.5 Å². The zero-order valence-electron chi connectivity index (χ0n) is 10.7. The van der Waals surface area contributed by atoms with Gasteiger partial charge in [0.05, 0.1) is 6.07 Å². The van der Waals surface area contributed by atoms with Crippen molar-refractivity contribution in [3.8, 4) is 6.07 Å². The molecule has 0 radical (unpaired) electrons. The van der Waals surface area contributed by atoms with Crippen LogP contribution in [0.25, 0.3) is 0 Å². The lowest BCUT2D eigenvalue weighted by Crippen LogP contribution is -2.40. The monoisotopic (exact) mass is 238 g/mol. The van der Waals surface area contributed by atoms with Crippen LogP contribution in [0, 0.1) is 28.6 Å². The lowest BCUT2D eigenvalue weighted by Gasteiger charge is -2.22. The van der Waals surface area contributed by atoms with Gasteiger partial charge in [-0.2, -0.15) is 5.26 Å². The molecule has 1 rings (SSSR count). The summed E-state index contributed by atoms with van der Waals surface area (Å²) in [6.45, 7) is 4.29. The number of hydrogen-bond donors (Lipinski definition) is 2. The van der Waals surface area contributed by atoms with Gasteiger partial charge in [-0.1, -0.05) is 13.3 Å². The highest BCUT2D eigenvalue weighted by atomic mass is 16.3. The molecule has 3 unspecified atom stereocenters. The van der Waals surface area contributed by atoms with E-state index < -0.39 is 5.41 Å². The van der Waals surface area contributed by atoms with Crippen molar-refractivity contribution in [2.75, 3.05) is 13.2 Å². The minimum absolute atomic E-state index is 0.189. The van der Waals surface area contributed by atoms with Gasteiger partial charge in [0.1, 0.15) is 5.41 Å². The third-order valence-electron chi connectivity index (χ3n) is 4.03. The van der Waals surface area contributed by atoms with E-state index in [0.717, 1.165) is 19.3 Å². The highest BCUT2D eigenvalue weighted by Gasteiger charge is 2.33. The second-order valence-electron chi connectivity index (χ2n) is 5.14. The molecule has 17 heavy (non-hydrogen) atoms. The van der Waals surface area contributed by atoms with Crippen molar-refractivity contribution in [1.82, 2.24) is 5.32 Å². The molecule has 96 valence electrons.